The van der Waals surface area contributed by atoms with Crippen molar-refractivity contribution in [3.8, 4) is 0 Å². The number of cyclic esters (lactones) is 1. The van der Waals surface area contributed by atoms with Crippen molar-refractivity contribution in [3.63, 3.8) is 0 Å². The highest BCUT2D eigenvalue weighted by atomic mass is 35.5. The number of ether oxygens (including phenoxy) is 1. The summed E-state index contributed by atoms with van der Waals surface area (Å²) in [5, 5.41) is 3.00. The summed E-state index contributed by atoms with van der Waals surface area (Å²) < 4.78 is 45.2. The summed E-state index contributed by atoms with van der Waals surface area (Å²) in [5.41, 5.74) is -0.717. The van der Waals surface area contributed by atoms with E-state index in [1.165, 1.54) is 6.07 Å². The number of amides is 1. The number of halogens is 4. The molecule has 2 aromatic carbocycles. The minimum absolute atomic E-state index is 0.189. The molecule has 7 heteroatoms. The van der Waals surface area contributed by atoms with Crippen molar-refractivity contribution < 1.29 is 22.7 Å². The predicted octanol–water partition coefficient (Wildman–Crippen LogP) is 5.16. The maximum absolute atomic E-state index is 13.3. The van der Waals surface area contributed by atoms with Crippen LogP contribution in [0.15, 0.2) is 48.5 Å². The Balaban J connectivity index is 2.24. The van der Waals surface area contributed by atoms with Gasteiger partial charge in [0.1, 0.15) is 6.10 Å². The second kappa shape index (κ2) is 6.83. The van der Waals surface area contributed by atoms with Crippen molar-refractivity contribution in [3.05, 3.63) is 70.2 Å². The van der Waals surface area contributed by atoms with Gasteiger partial charge in [0.05, 0.1) is 17.5 Å². The molecule has 1 saturated heterocycles. The third-order valence-electron chi connectivity index (χ3n) is 4.85. The van der Waals surface area contributed by atoms with Crippen molar-refractivity contribution >= 4 is 17.7 Å². The fourth-order valence-electron chi connectivity index (χ4n) is 3.60. The van der Waals surface area contributed by atoms with Gasteiger partial charge in [-0.2, -0.15) is 13.2 Å². The van der Waals surface area contributed by atoms with E-state index in [2.05, 4.69) is 5.32 Å². The average Bonchev–Trinajstić information content (AvgIpc) is 3.04. The van der Waals surface area contributed by atoms with E-state index in [0.717, 1.165) is 12.1 Å². The SMILES string of the molecule is CCC(c1cccc(C(F)(F)F)c1)(c1ccccc1Cl)C1CNC(=O)O1. The second-order valence-electron chi connectivity index (χ2n) is 6.16. The highest BCUT2D eigenvalue weighted by Gasteiger charge is 2.47. The average molecular weight is 384 g/mol. The Morgan fingerprint density at radius 2 is 1.85 bits per heavy atom. The number of carbonyl (C=O) groups is 1. The molecule has 3 nitrogen and oxygen atoms in total. The summed E-state index contributed by atoms with van der Waals surface area (Å²) in [6.07, 6.45) is -5.34. The number of alkyl halides is 3. The standard InChI is InChI=1S/C19H17ClF3NO2/c1-2-18(16-11-24-17(25)26-16,14-8-3-4-9-15(14)20)12-6-5-7-13(10-12)19(21,22)23/h3-10,16H,2,11H2,1H3,(H,24,25). The van der Waals surface area contributed by atoms with E-state index >= 15 is 0 Å². The number of carbonyl (C=O) groups excluding carboxylic acids is 1. The summed E-state index contributed by atoms with van der Waals surface area (Å²) in [5.74, 6) is 0. The largest absolute Gasteiger partial charge is 0.443 e. The summed E-state index contributed by atoms with van der Waals surface area (Å²) in [6, 6.07) is 12.1. The number of benzene rings is 2. The molecular formula is C19H17ClF3NO2. The Morgan fingerprint density at radius 1 is 1.15 bits per heavy atom. The molecule has 0 bridgehead atoms. The van der Waals surface area contributed by atoms with Crippen molar-refractivity contribution in [1.29, 1.82) is 0 Å². The zero-order chi connectivity index (χ0) is 18.9. The van der Waals surface area contributed by atoms with Crippen LogP contribution in [0, 0.1) is 0 Å². The molecule has 1 amide bonds. The molecule has 1 fully saturated rings. The van der Waals surface area contributed by atoms with Gasteiger partial charge in [0.2, 0.25) is 0 Å². The molecular weight excluding hydrogens is 367 g/mol. The molecule has 26 heavy (non-hydrogen) atoms. The van der Waals surface area contributed by atoms with E-state index in [-0.39, 0.29) is 6.54 Å². The van der Waals surface area contributed by atoms with E-state index in [9.17, 15) is 18.0 Å². The number of hydrogen-bond donors (Lipinski definition) is 1. The zero-order valence-corrected chi connectivity index (χ0v) is 14.7. The van der Waals surface area contributed by atoms with Crippen molar-refractivity contribution in [2.75, 3.05) is 6.54 Å². The van der Waals surface area contributed by atoms with Crippen LogP contribution in [0.4, 0.5) is 18.0 Å². The van der Waals surface area contributed by atoms with Crippen LogP contribution in [0.25, 0.3) is 0 Å². The fraction of sp³-hybridized carbons (Fsp3) is 0.316. The minimum Gasteiger partial charge on any atom is -0.443 e. The zero-order valence-electron chi connectivity index (χ0n) is 13.9. The normalized spacial score (nSPS) is 19.6. The Morgan fingerprint density at radius 3 is 2.42 bits per heavy atom. The van der Waals surface area contributed by atoms with E-state index < -0.39 is 29.4 Å². The smallest absolute Gasteiger partial charge is 0.416 e. The van der Waals surface area contributed by atoms with Gasteiger partial charge in [-0.05, 0) is 29.7 Å². The van der Waals surface area contributed by atoms with E-state index in [1.807, 2.05) is 6.92 Å². The maximum Gasteiger partial charge on any atom is 0.416 e. The molecule has 1 N–H and O–H groups in total. The molecule has 0 spiro atoms. The van der Waals surface area contributed by atoms with Crippen molar-refractivity contribution in [2.45, 2.75) is 31.0 Å². The van der Waals surface area contributed by atoms with Crippen LogP contribution in [-0.4, -0.2) is 18.7 Å². The van der Waals surface area contributed by atoms with Gasteiger partial charge < -0.3 is 10.1 Å². The summed E-state index contributed by atoms with van der Waals surface area (Å²) in [4.78, 5) is 11.6. The lowest BCUT2D eigenvalue weighted by molar-refractivity contribution is -0.137. The topological polar surface area (TPSA) is 38.3 Å². The molecule has 2 aromatic rings. The van der Waals surface area contributed by atoms with Crippen LogP contribution in [0.5, 0.6) is 0 Å². The molecule has 1 aliphatic heterocycles. The Kier molecular flexibility index (Phi) is 4.88. The van der Waals surface area contributed by atoms with Gasteiger partial charge in [-0.15, -0.1) is 0 Å². The van der Waals surface area contributed by atoms with Crippen LogP contribution in [0.3, 0.4) is 0 Å². The van der Waals surface area contributed by atoms with Crippen LogP contribution in [-0.2, 0) is 16.3 Å². The molecule has 2 atom stereocenters. The molecule has 1 heterocycles. The minimum atomic E-state index is -4.47. The van der Waals surface area contributed by atoms with Gasteiger partial charge in [-0.3, -0.25) is 0 Å². The lowest BCUT2D eigenvalue weighted by Gasteiger charge is -2.38. The van der Waals surface area contributed by atoms with E-state index in [4.69, 9.17) is 16.3 Å². The molecule has 2 unspecified atom stereocenters. The van der Waals surface area contributed by atoms with Gasteiger partial charge in [0, 0.05) is 5.02 Å². The van der Waals surface area contributed by atoms with Crippen molar-refractivity contribution in [1.82, 2.24) is 5.32 Å². The van der Waals surface area contributed by atoms with Crippen molar-refractivity contribution in [2.24, 2.45) is 0 Å². The summed E-state index contributed by atoms with van der Waals surface area (Å²) in [7, 11) is 0. The second-order valence-corrected chi connectivity index (χ2v) is 6.57. The molecule has 1 aliphatic rings. The van der Waals surface area contributed by atoms with E-state index in [1.54, 1.807) is 30.3 Å². The molecule has 0 aromatic heterocycles. The fourth-order valence-corrected chi connectivity index (χ4v) is 3.90. The Bertz CT molecular complexity index is 824. The first-order valence-corrected chi connectivity index (χ1v) is 8.54. The van der Waals surface area contributed by atoms with Crippen LogP contribution >= 0.6 is 11.6 Å². The van der Waals surface area contributed by atoms with Crippen LogP contribution in [0.1, 0.15) is 30.0 Å². The third-order valence-corrected chi connectivity index (χ3v) is 5.18. The van der Waals surface area contributed by atoms with Gasteiger partial charge in [-0.25, -0.2) is 4.79 Å². The first kappa shape index (κ1) is 18.6. The van der Waals surface area contributed by atoms with Gasteiger partial charge >= 0.3 is 12.3 Å². The highest BCUT2D eigenvalue weighted by Crippen LogP contribution is 2.45. The quantitative estimate of drug-likeness (QED) is 0.791. The molecule has 3 rings (SSSR count). The lowest BCUT2D eigenvalue weighted by Crippen LogP contribution is -2.43. The van der Waals surface area contributed by atoms with Gasteiger partial charge in [-0.1, -0.05) is 54.9 Å². The molecule has 0 aliphatic carbocycles. The molecule has 138 valence electrons. The first-order valence-electron chi connectivity index (χ1n) is 8.16. The number of rotatable bonds is 4. The molecule has 0 radical (unpaired) electrons. The van der Waals surface area contributed by atoms with Gasteiger partial charge in [0.15, 0.2) is 0 Å². The number of alkyl carbamates (subject to hydrolysis) is 1. The van der Waals surface area contributed by atoms with E-state index in [0.29, 0.717) is 22.6 Å². The Hall–Kier alpha value is -2.21. The van der Waals surface area contributed by atoms with Crippen LogP contribution in [0.2, 0.25) is 5.02 Å². The highest BCUT2D eigenvalue weighted by molar-refractivity contribution is 6.31. The van der Waals surface area contributed by atoms with Gasteiger partial charge in [0.25, 0.3) is 0 Å². The van der Waals surface area contributed by atoms with Crippen LogP contribution < -0.4 is 5.32 Å². The number of nitrogens with one attached hydrogen (secondary N) is 1. The monoisotopic (exact) mass is 383 g/mol. The third kappa shape index (κ3) is 3.14. The summed E-state index contributed by atoms with van der Waals surface area (Å²) in [6.45, 7) is 2.03. The first-order chi connectivity index (χ1) is 12.3. The molecule has 0 saturated carbocycles. The predicted molar refractivity (Wildman–Crippen MR) is 92.2 cm³/mol. The Labute approximate surface area is 154 Å². The summed E-state index contributed by atoms with van der Waals surface area (Å²) >= 11 is 6.40. The number of hydrogen-bond acceptors (Lipinski definition) is 2. The lowest BCUT2D eigenvalue weighted by atomic mass is 9.68. The maximum atomic E-state index is 13.3.